The van der Waals surface area contributed by atoms with Gasteiger partial charge in [0.15, 0.2) is 17.3 Å². The summed E-state index contributed by atoms with van der Waals surface area (Å²) in [5.41, 5.74) is 2.57. The number of amides is 1. The van der Waals surface area contributed by atoms with Crippen molar-refractivity contribution in [3.8, 4) is 22.9 Å². The Morgan fingerprint density at radius 1 is 1.13 bits per heavy atom. The van der Waals surface area contributed by atoms with Crippen LogP contribution in [0.5, 0.6) is 11.5 Å². The van der Waals surface area contributed by atoms with Crippen LogP contribution in [-0.2, 0) is 17.9 Å². The fraction of sp³-hybridized carbons (Fsp3) is 0.318. The van der Waals surface area contributed by atoms with E-state index in [1.54, 1.807) is 25.2 Å². The molecule has 0 saturated carbocycles. The van der Waals surface area contributed by atoms with Crippen LogP contribution in [0.1, 0.15) is 18.1 Å². The summed E-state index contributed by atoms with van der Waals surface area (Å²) >= 11 is 0. The Balaban J connectivity index is 1.82. The fourth-order valence-corrected chi connectivity index (χ4v) is 3.24. The molecule has 8 heteroatoms. The zero-order valence-corrected chi connectivity index (χ0v) is 17.5. The summed E-state index contributed by atoms with van der Waals surface area (Å²) in [6.45, 7) is 4.49. The van der Waals surface area contributed by atoms with Gasteiger partial charge in [-0.1, -0.05) is 35.5 Å². The SMILES string of the molecule is CCN(Cc1ccc(OC)c(OC)c1)C(=O)Cn1c(-c2ccccc2C)noc1=O. The predicted molar refractivity (Wildman–Crippen MR) is 112 cm³/mol. The first-order valence-corrected chi connectivity index (χ1v) is 9.59. The van der Waals surface area contributed by atoms with Gasteiger partial charge in [0.05, 0.1) is 14.2 Å². The van der Waals surface area contributed by atoms with Gasteiger partial charge in [0.25, 0.3) is 0 Å². The van der Waals surface area contributed by atoms with Crippen molar-refractivity contribution in [1.82, 2.24) is 14.6 Å². The van der Waals surface area contributed by atoms with Crippen molar-refractivity contribution < 1.29 is 18.8 Å². The molecular formula is C22H25N3O5. The van der Waals surface area contributed by atoms with Crippen LogP contribution in [0.2, 0.25) is 0 Å². The van der Waals surface area contributed by atoms with E-state index in [9.17, 15) is 9.59 Å². The number of methoxy groups -OCH3 is 2. The minimum absolute atomic E-state index is 0.160. The molecule has 1 amide bonds. The summed E-state index contributed by atoms with van der Waals surface area (Å²) in [7, 11) is 3.14. The van der Waals surface area contributed by atoms with Crippen molar-refractivity contribution in [2.45, 2.75) is 26.9 Å². The summed E-state index contributed by atoms with van der Waals surface area (Å²) in [6, 6.07) is 13.0. The van der Waals surface area contributed by atoms with Gasteiger partial charge < -0.3 is 14.4 Å². The predicted octanol–water partition coefficient (Wildman–Crippen LogP) is 2.88. The Morgan fingerprint density at radius 2 is 1.87 bits per heavy atom. The van der Waals surface area contributed by atoms with E-state index in [1.807, 2.05) is 50.2 Å². The number of benzene rings is 2. The molecule has 0 aliphatic carbocycles. The molecule has 30 heavy (non-hydrogen) atoms. The maximum absolute atomic E-state index is 13.0. The third kappa shape index (κ3) is 4.37. The van der Waals surface area contributed by atoms with Crippen LogP contribution in [0.4, 0.5) is 0 Å². The third-order valence-corrected chi connectivity index (χ3v) is 4.92. The number of aromatic nitrogens is 2. The van der Waals surface area contributed by atoms with Crippen LogP contribution in [0, 0.1) is 6.92 Å². The van der Waals surface area contributed by atoms with E-state index in [2.05, 4.69) is 5.16 Å². The van der Waals surface area contributed by atoms with Gasteiger partial charge in [-0.15, -0.1) is 0 Å². The molecule has 3 rings (SSSR count). The lowest BCUT2D eigenvalue weighted by Crippen LogP contribution is -2.35. The van der Waals surface area contributed by atoms with Gasteiger partial charge >= 0.3 is 5.76 Å². The van der Waals surface area contributed by atoms with Crippen LogP contribution in [0.15, 0.2) is 51.8 Å². The van der Waals surface area contributed by atoms with Crippen molar-refractivity contribution in [2.75, 3.05) is 20.8 Å². The topological polar surface area (TPSA) is 86.8 Å². The van der Waals surface area contributed by atoms with Crippen LogP contribution in [-0.4, -0.2) is 41.3 Å². The summed E-state index contributed by atoms with van der Waals surface area (Å²) < 4.78 is 16.7. The molecule has 158 valence electrons. The van der Waals surface area contributed by atoms with E-state index < -0.39 is 5.76 Å². The van der Waals surface area contributed by atoms with Crippen LogP contribution in [0.25, 0.3) is 11.4 Å². The Morgan fingerprint density at radius 3 is 2.53 bits per heavy atom. The Bertz CT molecular complexity index is 1090. The summed E-state index contributed by atoms with van der Waals surface area (Å²) in [5, 5.41) is 3.89. The first kappa shape index (κ1) is 21.2. The highest BCUT2D eigenvalue weighted by Crippen LogP contribution is 2.28. The van der Waals surface area contributed by atoms with Crippen molar-refractivity contribution in [3.63, 3.8) is 0 Å². The minimum Gasteiger partial charge on any atom is -0.493 e. The molecule has 8 nitrogen and oxygen atoms in total. The molecule has 1 aromatic heterocycles. The Labute approximate surface area is 174 Å². The minimum atomic E-state index is -0.663. The maximum Gasteiger partial charge on any atom is 0.442 e. The number of carbonyl (C=O) groups excluding carboxylic acids is 1. The van der Waals surface area contributed by atoms with Crippen molar-refractivity contribution in [1.29, 1.82) is 0 Å². The van der Waals surface area contributed by atoms with Crippen molar-refractivity contribution in [2.24, 2.45) is 0 Å². The average Bonchev–Trinajstić information content (AvgIpc) is 3.11. The number of hydrogen-bond acceptors (Lipinski definition) is 6. The normalized spacial score (nSPS) is 10.7. The zero-order valence-electron chi connectivity index (χ0n) is 17.5. The maximum atomic E-state index is 13.0. The molecular weight excluding hydrogens is 386 g/mol. The number of rotatable bonds is 8. The van der Waals surface area contributed by atoms with Gasteiger partial charge in [-0.05, 0) is 37.1 Å². The molecule has 0 unspecified atom stereocenters. The van der Waals surface area contributed by atoms with Crippen LogP contribution >= 0.6 is 0 Å². The molecule has 0 atom stereocenters. The van der Waals surface area contributed by atoms with Gasteiger partial charge in [-0.3, -0.25) is 9.32 Å². The lowest BCUT2D eigenvalue weighted by atomic mass is 10.1. The Hall–Kier alpha value is -3.55. The van der Waals surface area contributed by atoms with Crippen molar-refractivity contribution >= 4 is 5.91 Å². The first-order chi connectivity index (χ1) is 14.5. The number of nitrogens with zero attached hydrogens (tertiary/aromatic N) is 3. The van der Waals surface area contributed by atoms with Crippen molar-refractivity contribution in [3.05, 3.63) is 64.1 Å². The van der Waals surface area contributed by atoms with Crippen LogP contribution < -0.4 is 15.2 Å². The average molecular weight is 411 g/mol. The third-order valence-electron chi connectivity index (χ3n) is 4.92. The lowest BCUT2D eigenvalue weighted by Gasteiger charge is -2.22. The first-order valence-electron chi connectivity index (χ1n) is 9.59. The fourth-order valence-electron chi connectivity index (χ4n) is 3.24. The molecule has 3 aromatic rings. The molecule has 0 aliphatic heterocycles. The highest BCUT2D eigenvalue weighted by atomic mass is 16.5. The molecule has 0 N–H and O–H groups in total. The smallest absolute Gasteiger partial charge is 0.442 e. The largest absolute Gasteiger partial charge is 0.493 e. The highest BCUT2D eigenvalue weighted by molar-refractivity contribution is 5.77. The molecule has 0 spiro atoms. The molecule has 0 aliphatic rings. The van der Waals surface area contributed by atoms with E-state index in [0.717, 1.165) is 16.7 Å². The van der Waals surface area contributed by atoms with Gasteiger partial charge in [0.2, 0.25) is 5.91 Å². The van der Waals surface area contributed by atoms with E-state index in [4.69, 9.17) is 14.0 Å². The zero-order chi connectivity index (χ0) is 21.7. The highest BCUT2D eigenvalue weighted by Gasteiger charge is 2.20. The van der Waals surface area contributed by atoms with Gasteiger partial charge in [0.1, 0.15) is 6.54 Å². The molecule has 0 bridgehead atoms. The number of hydrogen-bond donors (Lipinski definition) is 0. The summed E-state index contributed by atoms with van der Waals surface area (Å²) in [6.07, 6.45) is 0. The Kier molecular flexibility index (Phi) is 6.56. The molecule has 0 radical (unpaired) electrons. The monoisotopic (exact) mass is 411 g/mol. The summed E-state index contributed by atoms with van der Waals surface area (Å²) in [5.74, 6) is 0.676. The summed E-state index contributed by atoms with van der Waals surface area (Å²) in [4.78, 5) is 26.9. The number of aryl methyl sites for hydroxylation is 1. The standard InChI is InChI=1S/C22H25N3O5/c1-5-24(13-16-10-11-18(28-3)19(12-16)29-4)20(26)14-25-21(23-30-22(25)27)17-9-7-6-8-15(17)2/h6-12H,5,13-14H2,1-4H3. The number of ether oxygens (including phenoxy) is 2. The molecule has 2 aromatic carbocycles. The van der Waals surface area contributed by atoms with E-state index >= 15 is 0 Å². The van der Waals surface area contributed by atoms with E-state index in [-0.39, 0.29) is 12.5 Å². The molecule has 0 fully saturated rings. The van der Waals surface area contributed by atoms with Gasteiger partial charge in [-0.2, -0.15) is 0 Å². The van der Waals surface area contributed by atoms with E-state index in [1.165, 1.54) is 4.57 Å². The number of likely N-dealkylation sites (N-methyl/N-ethyl adjacent to an activating group) is 1. The van der Waals surface area contributed by atoms with Crippen LogP contribution in [0.3, 0.4) is 0 Å². The van der Waals surface area contributed by atoms with E-state index in [0.29, 0.717) is 30.4 Å². The second-order valence-electron chi connectivity index (χ2n) is 6.77. The van der Waals surface area contributed by atoms with Gasteiger partial charge in [0, 0.05) is 18.7 Å². The van der Waals surface area contributed by atoms with Gasteiger partial charge in [-0.25, -0.2) is 9.36 Å². The quantitative estimate of drug-likeness (QED) is 0.567. The second-order valence-corrected chi connectivity index (χ2v) is 6.77. The molecule has 0 saturated heterocycles. The number of carbonyl (C=O) groups is 1. The molecule has 1 heterocycles. The lowest BCUT2D eigenvalue weighted by molar-refractivity contribution is -0.132. The second kappa shape index (κ2) is 9.30.